The molecule has 6 aromatic carbocycles. The largest absolute Gasteiger partial charge is 0.455 e. The molecule has 1 atom stereocenters. The molecule has 1 heterocycles. The van der Waals surface area contributed by atoms with Crippen LogP contribution in [0.3, 0.4) is 0 Å². The van der Waals surface area contributed by atoms with Crippen molar-refractivity contribution in [1.82, 2.24) is 0 Å². The molecule has 1 unspecified atom stereocenters. The van der Waals surface area contributed by atoms with Gasteiger partial charge in [0.15, 0.2) is 0 Å². The fourth-order valence-electron chi connectivity index (χ4n) is 7.25. The van der Waals surface area contributed by atoms with Gasteiger partial charge in [0.05, 0.1) is 5.41 Å². The third-order valence-corrected chi connectivity index (χ3v) is 8.91. The van der Waals surface area contributed by atoms with Gasteiger partial charge in [0.25, 0.3) is 0 Å². The summed E-state index contributed by atoms with van der Waals surface area (Å²) in [5.74, 6) is 1.76. The summed E-state index contributed by atoms with van der Waals surface area (Å²) >= 11 is 0. The summed E-state index contributed by atoms with van der Waals surface area (Å²) in [6.07, 6.45) is 0. The van der Waals surface area contributed by atoms with E-state index in [1.54, 1.807) is 0 Å². The van der Waals surface area contributed by atoms with Gasteiger partial charge in [-0.05, 0) is 62.9 Å². The molecule has 4 N–H and O–H groups in total. The van der Waals surface area contributed by atoms with Crippen LogP contribution in [0.4, 0.5) is 11.4 Å². The second-order valence-corrected chi connectivity index (χ2v) is 12.2. The molecule has 3 heteroatoms. The molecule has 2 aliphatic rings. The number of hydrogen-bond donors (Lipinski definition) is 2. The molecule has 1 aliphatic carbocycles. The highest BCUT2D eigenvalue weighted by Gasteiger charge is 2.52. The van der Waals surface area contributed by atoms with Crippen molar-refractivity contribution in [3.63, 3.8) is 0 Å². The molecule has 1 aliphatic heterocycles. The monoisotopic (exact) mass is 518 g/mol. The fraction of sp³-hybridized carbons (Fsp3) is 0.135. The zero-order valence-corrected chi connectivity index (χ0v) is 22.9. The quantitative estimate of drug-likeness (QED) is 0.197. The van der Waals surface area contributed by atoms with Crippen molar-refractivity contribution >= 4 is 32.9 Å². The lowest BCUT2D eigenvalue weighted by atomic mass is 9.64. The van der Waals surface area contributed by atoms with E-state index in [2.05, 4.69) is 112 Å². The van der Waals surface area contributed by atoms with E-state index in [4.69, 9.17) is 16.2 Å². The smallest absolute Gasteiger partial charge is 0.140 e. The predicted octanol–water partition coefficient (Wildman–Crippen LogP) is 8.92. The minimum Gasteiger partial charge on any atom is -0.455 e. The maximum absolute atomic E-state index is 7.09. The van der Waals surface area contributed by atoms with Crippen molar-refractivity contribution in [3.8, 4) is 22.6 Å². The summed E-state index contributed by atoms with van der Waals surface area (Å²) in [5, 5.41) is 4.34. The fourth-order valence-corrected chi connectivity index (χ4v) is 7.25. The summed E-state index contributed by atoms with van der Waals surface area (Å²) in [6.45, 7) is 6.85. The number of fused-ring (bicyclic) bond motifs is 13. The Morgan fingerprint density at radius 1 is 0.550 bits per heavy atom. The average Bonchev–Trinajstić information content (AvgIpc) is 3.23. The molecule has 0 radical (unpaired) electrons. The van der Waals surface area contributed by atoms with Crippen molar-refractivity contribution in [2.75, 3.05) is 11.5 Å². The number of nitrogens with two attached hydrogens (primary N) is 2. The predicted molar refractivity (Wildman–Crippen MR) is 166 cm³/mol. The van der Waals surface area contributed by atoms with Crippen LogP contribution in [0.2, 0.25) is 0 Å². The topological polar surface area (TPSA) is 61.3 Å². The van der Waals surface area contributed by atoms with Gasteiger partial charge in [-0.15, -0.1) is 0 Å². The highest BCUT2D eigenvalue weighted by atomic mass is 16.5. The molecule has 1 spiro atoms. The van der Waals surface area contributed by atoms with Crippen LogP contribution in [0.1, 0.15) is 48.6 Å². The Hall–Kier alpha value is -4.76. The van der Waals surface area contributed by atoms with Crippen LogP contribution in [0.25, 0.3) is 32.7 Å². The molecule has 6 aromatic rings. The second-order valence-electron chi connectivity index (χ2n) is 12.2. The van der Waals surface area contributed by atoms with E-state index in [1.165, 1.54) is 33.2 Å². The standard InChI is InChI=1S/C37H30N2O/c1-36(2,3)29-19-31-34(26-13-6-4-11-23(26)29)40-35-27-14-7-5-12-25(27)33(39)20-32(35)37(31)28-15-9-8-10-22(28)24-17-16-21(38)18-30(24)37/h4-20H,38-39H2,1-3H3. The van der Waals surface area contributed by atoms with E-state index in [1.807, 2.05) is 12.1 Å². The zero-order valence-electron chi connectivity index (χ0n) is 22.9. The van der Waals surface area contributed by atoms with Crippen LogP contribution in [-0.4, -0.2) is 0 Å². The summed E-state index contributed by atoms with van der Waals surface area (Å²) < 4.78 is 7.09. The van der Waals surface area contributed by atoms with Crippen molar-refractivity contribution in [2.45, 2.75) is 31.6 Å². The SMILES string of the molecule is CC(C)(C)c1cc2c(c3ccccc13)Oc1c(cc(N)c3ccccc13)C21c2ccccc2-c2ccc(N)cc21. The first-order valence-corrected chi connectivity index (χ1v) is 13.9. The van der Waals surface area contributed by atoms with Gasteiger partial charge >= 0.3 is 0 Å². The third-order valence-electron chi connectivity index (χ3n) is 8.91. The molecule has 8 rings (SSSR count). The van der Waals surface area contributed by atoms with E-state index in [9.17, 15) is 0 Å². The van der Waals surface area contributed by atoms with Crippen LogP contribution < -0.4 is 16.2 Å². The summed E-state index contributed by atoms with van der Waals surface area (Å²) in [5.41, 5.74) is 22.4. The third kappa shape index (κ3) is 2.79. The molecule has 0 amide bonds. The lowest BCUT2D eigenvalue weighted by molar-refractivity contribution is 0.446. The van der Waals surface area contributed by atoms with Gasteiger partial charge in [-0.3, -0.25) is 0 Å². The van der Waals surface area contributed by atoms with Crippen LogP contribution in [0.15, 0.2) is 103 Å². The first-order valence-electron chi connectivity index (χ1n) is 13.9. The van der Waals surface area contributed by atoms with E-state index >= 15 is 0 Å². The van der Waals surface area contributed by atoms with Gasteiger partial charge in [-0.1, -0.05) is 99.6 Å². The number of rotatable bonds is 0. The lowest BCUT2D eigenvalue weighted by Crippen LogP contribution is -2.33. The van der Waals surface area contributed by atoms with Crippen LogP contribution in [-0.2, 0) is 10.8 Å². The Morgan fingerprint density at radius 2 is 1.12 bits per heavy atom. The van der Waals surface area contributed by atoms with Crippen molar-refractivity contribution in [3.05, 3.63) is 131 Å². The highest BCUT2D eigenvalue weighted by Crippen LogP contribution is 2.65. The molecular weight excluding hydrogens is 488 g/mol. The minimum atomic E-state index is -0.646. The maximum Gasteiger partial charge on any atom is 0.140 e. The Labute approximate surface area is 234 Å². The van der Waals surface area contributed by atoms with E-state index in [-0.39, 0.29) is 5.41 Å². The molecule has 0 saturated carbocycles. The Kier molecular flexibility index (Phi) is 4.44. The molecule has 0 aromatic heterocycles. The van der Waals surface area contributed by atoms with Crippen molar-refractivity contribution < 1.29 is 4.74 Å². The van der Waals surface area contributed by atoms with Gasteiger partial charge in [0.1, 0.15) is 11.5 Å². The number of ether oxygens (including phenoxy) is 1. The van der Waals surface area contributed by atoms with E-state index in [0.717, 1.165) is 50.2 Å². The molecule has 3 nitrogen and oxygen atoms in total. The normalized spacial score (nSPS) is 16.9. The Bertz CT molecular complexity index is 2050. The molecule has 0 fully saturated rings. The Balaban J connectivity index is 1.66. The van der Waals surface area contributed by atoms with Crippen LogP contribution in [0, 0.1) is 0 Å². The van der Waals surface area contributed by atoms with E-state index < -0.39 is 5.41 Å². The molecule has 194 valence electrons. The van der Waals surface area contributed by atoms with E-state index in [0.29, 0.717) is 0 Å². The number of benzene rings is 6. The van der Waals surface area contributed by atoms with Crippen molar-refractivity contribution in [1.29, 1.82) is 0 Å². The summed E-state index contributed by atoms with van der Waals surface area (Å²) in [7, 11) is 0. The number of nitrogen functional groups attached to an aromatic ring is 2. The molecular formula is C37H30N2O. The van der Waals surface area contributed by atoms with Gasteiger partial charge in [0, 0.05) is 38.7 Å². The zero-order chi connectivity index (χ0) is 27.4. The molecule has 0 bridgehead atoms. The van der Waals surface area contributed by atoms with Gasteiger partial charge in [-0.2, -0.15) is 0 Å². The first-order chi connectivity index (χ1) is 19.3. The van der Waals surface area contributed by atoms with Gasteiger partial charge in [0.2, 0.25) is 0 Å². The van der Waals surface area contributed by atoms with Gasteiger partial charge in [-0.25, -0.2) is 0 Å². The van der Waals surface area contributed by atoms with Gasteiger partial charge < -0.3 is 16.2 Å². The Morgan fingerprint density at radius 3 is 1.85 bits per heavy atom. The first kappa shape index (κ1) is 23.2. The summed E-state index contributed by atoms with van der Waals surface area (Å²) in [4.78, 5) is 0. The average molecular weight is 519 g/mol. The minimum absolute atomic E-state index is 0.0881. The van der Waals surface area contributed by atoms with Crippen LogP contribution >= 0.6 is 0 Å². The maximum atomic E-state index is 7.09. The number of anilines is 2. The number of hydrogen-bond acceptors (Lipinski definition) is 3. The molecule has 0 saturated heterocycles. The second kappa shape index (κ2) is 7.67. The molecule has 40 heavy (non-hydrogen) atoms. The van der Waals surface area contributed by atoms with Crippen molar-refractivity contribution in [2.24, 2.45) is 0 Å². The summed E-state index contributed by atoms with van der Waals surface area (Å²) in [6, 6.07) is 36.5. The van der Waals surface area contributed by atoms with Crippen LogP contribution in [0.5, 0.6) is 11.5 Å². The highest BCUT2D eigenvalue weighted by molar-refractivity contribution is 6.04. The lowest BCUT2D eigenvalue weighted by Gasteiger charge is -2.41.